The van der Waals surface area contributed by atoms with E-state index >= 15 is 0 Å². The van der Waals surface area contributed by atoms with Gasteiger partial charge in [-0.1, -0.05) is 23.7 Å². The van der Waals surface area contributed by atoms with Gasteiger partial charge in [0.1, 0.15) is 0 Å². The van der Waals surface area contributed by atoms with Crippen LogP contribution in [-0.2, 0) is 23.6 Å². The monoisotopic (exact) mass is 324 g/mol. The van der Waals surface area contributed by atoms with E-state index in [-0.39, 0.29) is 6.54 Å². The van der Waals surface area contributed by atoms with Gasteiger partial charge in [-0.3, -0.25) is 0 Å². The normalized spacial score (nSPS) is 12.1. The first-order valence-electron chi connectivity index (χ1n) is 6.42. The highest BCUT2D eigenvalue weighted by Gasteiger charge is 2.07. The third-order valence-corrected chi connectivity index (χ3v) is 4.53. The predicted molar refractivity (Wildman–Crippen MR) is 86.4 cm³/mol. The van der Waals surface area contributed by atoms with Gasteiger partial charge in [-0.2, -0.15) is 0 Å². The van der Waals surface area contributed by atoms with Crippen molar-refractivity contribution in [2.45, 2.75) is 13.5 Å². The Kier molecular flexibility index (Phi) is 4.88. The van der Waals surface area contributed by atoms with Crippen molar-refractivity contribution in [1.29, 1.82) is 0 Å². The van der Waals surface area contributed by atoms with Crippen LogP contribution in [0.1, 0.15) is 17.0 Å². The molecule has 0 spiro atoms. The van der Waals surface area contributed by atoms with E-state index in [4.69, 9.17) is 11.6 Å². The van der Waals surface area contributed by atoms with E-state index in [1.165, 1.54) is 6.08 Å². The van der Waals surface area contributed by atoms with Gasteiger partial charge in [0.05, 0.1) is 6.54 Å². The summed E-state index contributed by atoms with van der Waals surface area (Å²) >= 11 is 5.78. The Morgan fingerprint density at radius 1 is 1.19 bits per heavy atom. The molecule has 0 aliphatic carbocycles. The molecule has 21 heavy (non-hydrogen) atoms. The van der Waals surface area contributed by atoms with Gasteiger partial charge in [0, 0.05) is 28.9 Å². The molecule has 0 amide bonds. The van der Waals surface area contributed by atoms with Crippen LogP contribution < -0.4 is 4.72 Å². The van der Waals surface area contributed by atoms with Crippen LogP contribution in [0, 0.1) is 6.92 Å². The number of nitrogens with one attached hydrogen (secondary N) is 1. The maximum absolute atomic E-state index is 11.9. The Morgan fingerprint density at radius 2 is 1.86 bits per heavy atom. The van der Waals surface area contributed by atoms with Crippen molar-refractivity contribution < 1.29 is 8.42 Å². The van der Waals surface area contributed by atoms with E-state index < -0.39 is 10.0 Å². The number of halogens is 1. The third kappa shape index (κ3) is 4.46. The van der Waals surface area contributed by atoms with Crippen LogP contribution in [0.15, 0.2) is 41.8 Å². The predicted octanol–water partition coefficient (Wildman–Crippen LogP) is 3.08. The number of aromatic nitrogens is 1. The molecule has 112 valence electrons. The first kappa shape index (κ1) is 15.8. The van der Waals surface area contributed by atoms with Gasteiger partial charge in [-0.15, -0.1) is 0 Å². The summed E-state index contributed by atoms with van der Waals surface area (Å²) < 4.78 is 28.4. The molecule has 6 heteroatoms. The van der Waals surface area contributed by atoms with Gasteiger partial charge in [-0.05, 0) is 42.8 Å². The van der Waals surface area contributed by atoms with Crippen molar-refractivity contribution in [1.82, 2.24) is 9.29 Å². The van der Waals surface area contributed by atoms with E-state index in [2.05, 4.69) is 4.72 Å². The summed E-state index contributed by atoms with van der Waals surface area (Å²) in [6.07, 6.45) is 1.54. The molecule has 0 aliphatic rings. The van der Waals surface area contributed by atoms with Crippen LogP contribution in [0.3, 0.4) is 0 Å². The summed E-state index contributed by atoms with van der Waals surface area (Å²) in [6.45, 7) is 2.23. The quantitative estimate of drug-likeness (QED) is 0.919. The van der Waals surface area contributed by atoms with Crippen LogP contribution in [0.2, 0.25) is 5.02 Å². The fourth-order valence-electron chi connectivity index (χ4n) is 1.81. The summed E-state index contributed by atoms with van der Waals surface area (Å²) in [5.74, 6) is 0. The van der Waals surface area contributed by atoms with E-state index in [0.29, 0.717) is 5.02 Å². The van der Waals surface area contributed by atoms with Crippen LogP contribution in [0.25, 0.3) is 6.08 Å². The molecule has 0 aliphatic heterocycles. The van der Waals surface area contributed by atoms with Crippen molar-refractivity contribution in [2.75, 3.05) is 0 Å². The molecule has 4 nitrogen and oxygen atoms in total. The highest BCUT2D eigenvalue weighted by Crippen LogP contribution is 2.11. The zero-order valence-corrected chi connectivity index (χ0v) is 13.4. The largest absolute Gasteiger partial charge is 0.351 e. The number of aryl methyl sites for hydroxylation is 1. The second kappa shape index (κ2) is 6.47. The van der Waals surface area contributed by atoms with E-state index in [1.54, 1.807) is 24.3 Å². The zero-order valence-electron chi connectivity index (χ0n) is 11.9. The molecule has 0 fully saturated rings. The molecule has 0 unspecified atom stereocenters. The van der Waals surface area contributed by atoms with E-state index in [1.807, 2.05) is 30.7 Å². The Balaban J connectivity index is 2.02. The lowest BCUT2D eigenvalue weighted by Crippen LogP contribution is -2.22. The fraction of sp³-hybridized carbons (Fsp3) is 0.200. The smallest absolute Gasteiger partial charge is 0.234 e. The first-order chi connectivity index (χ1) is 9.87. The fourth-order valence-corrected chi connectivity index (χ4v) is 2.72. The Hall–Kier alpha value is -1.56. The maximum Gasteiger partial charge on any atom is 0.234 e. The summed E-state index contributed by atoms with van der Waals surface area (Å²) in [5, 5.41) is 1.78. The molecule has 0 saturated carbocycles. The first-order valence-corrected chi connectivity index (χ1v) is 8.34. The highest BCUT2D eigenvalue weighted by atomic mass is 35.5. The Morgan fingerprint density at radius 3 is 2.43 bits per heavy atom. The Bertz CT molecular complexity index is 746. The minimum Gasteiger partial charge on any atom is -0.351 e. The second-order valence-corrected chi connectivity index (χ2v) is 6.83. The van der Waals surface area contributed by atoms with Crippen molar-refractivity contribution in [3.05, 3.63) is 63.8 Å². The second-order valence-electron chi connectivity index (χ2n) is 4.75. The standard InChI is InChI=1S/C15H17ClN2O2S/c1-12-3-8-15(18(12)2)11-17-21(19,20)10-9-13-4-6-14(16)7-5-13/h3-10,17H,11H2,1-2H3/b10-9+. The molecule has 1 N–H and O–H groups in total. The van der Waals surface area contributed by atoms with Crippen LogP contribution in [0.4, 0.5) is 0 Å². The number of rotatable bonds is 5. The van der Waals surface area contributed by atoms with Crippen LogP contribution >= 0.6 is 11.6 Å². The minimum atomic E-state index is -3.47. The van der Waals surface area contributed by atoms with Crippen molar-refractivity contribution in [2.24, 2.45) is 7.05 Å². The number of hydrogen-bond acceptors (Lipinski definition) is 2. The lowest BCUT2D eigenvalue weighted by molar-refractivity contribution is 0.588. The average molecular weight is 325 g/mol. The zero-order chi connectivity index (χ0) is 15.5. The SMILES string of the molecule is Cc1ccc(CNS(=O)(=O)/C=C/c2ccc(Cl)cc2)n1C. The van der Waals surface area contributed by atoms with Gasteiger partial charge in [0.15, 0.2) is 0 Å². The molecule has 1 aromatic carbocycles. The lowest BCUT2D eigenvalue weighted by Gasteiger charge is -2.06. The van der Waals surface area contributed by atoms with Gasteiger partial charge >= 0.3 is 0 Å². The molecule has 2 rings (SSSR count). The van der Waals surface area contributed by atoms with Gasteiger partial charge in [0.2, 0.25) is 10.0 Å². The van der Waals surface area contributed by atoms with Crippen molar-refractivity contribution in [3.63, 3.8) is 0 Å². The average Bonchev–Trinajstić information content (AvgIpc) is 2.76. The number of benzene rings is 1. The number of sulfonamides is 1. The minimum absolute atomic E-state index is 0.262. The van der Waals surface area contributed by atoms with E-state index in [9.17, 15) is 8.42 Å². The van der Waals surface area contributed by atoms with Gasteiger partial charge in [-0.25, -0.2) is 13.1 Å². The molecular weight excluding hydrogens is 308 g/mol. The molecule has 0 bridgehead atoms. The molecule has 0 saturated heterocycles. The summed E-state index contributed by atoms with van der Waals surface area (Å²) in [7, 11) is -1.57. The van der Waals surface area contributed by atoms with Crippen molar-refractivity contribution >= 4 is 27.7 Å². The topological polar surface area (TPSA) is 51.1 Å². The van der Waals surface area contributed by atoms with Crippen LogP contribution in [-0.4, -0.2) is 13.0 Å². The molecule has 1 aromatic heterocycles. The highest BCUT2D eigenvalue weighted by molar-refractivity contribution is 7.92. The summed E-state index contributed by atoms with van der Waals surface area (Å²) in [6, 6.07) is 10.8. The molecule has 0 atom stereocenters. The third-order valence-electron chi connectivity index (χ3n) is 3.24. The molecule has 0 radical (unpaired) electrons. The molecule has 1 heterocycles. The molecule has 2 aromatic rings. The lowest BCUT2D eigenvalue weighted by atomic mass is 10.2. The number of hydrogen-bond donors (Lipinski definition) is 1. The van der Waals surface area contributed by atoms with Crippen molar-refractivity contribution in [3.8, 4) is 0 Å². The van der Waals surface area contributed by atoms with Crippen LogP contribution in [0.5, 0.6) is 0 Å². The van der Waals surface area contributed by atoms with Gasteiger partial charge < -0.3 is 4.57 Å². The Labute approximate surface area is 130 Å². The summed E-state index contributed by atoms with van der Waals surface area (Å²) in [5.41, 5.74) is 2.77. The number of nitrogens with zero attached hydrogens (tertiary/aromatic N) is 1. The van der Waals surface area contributed by atoms with E-state index in [0.717, 1.165) is 22.4 Å². The maximum atomic E-state index is 11.9. The molecular formula is C15H17ClN2O2S. The summed E-state index contributed by atoms with van der Waals surface area (Å²) in [4.78, 5) is 0. The van der Waals surface area contributed by atoms with Gasteiger partial charge in [0.25, 0.3) is 0 Å².